The van der Waals surface area contributed by atoms with E-state index in [0.29, 0.717) is 0 Å². The van der Waals surface area contributed by atoms with Crippen molar-refractivity contribution in [3.05, 3.63) is 57.0 Å². The van der Waals surface area contributed by atoms with E-state index in [1.54, 1.807) is 13.8 Å². The van der Waals surface area contributed by atoms with Gasteiger partial charge >= 0.3 is 0 Å². The molecule has 1 heterocycles. The van der Waals surface area contributed by atoms with Gasteiger partial charge in [-0.25, -0.2) is 9.87 Å². The first kappa shape index (κ1) is 17.9. The molecule has 0 aliphatic heterocycles. The molecule has 0 unspecified atom stereocenters. The average molecular weight is 358 g/mol. The van der Waals surface area contributed by atoms with Gasteiger partial charge in [-0.1, -0.05) is 11.6 Å². The number of hydrogen-bond acceptors (Lipinski definition) is 4. The van der Waals surface area contributed by atoms with Crippen molar-refractivity contribution in [1.82, 2.24) is 10.5 Å². The largest absolute Gasteiger partial charge is 0.350 e. The second kappa shape index (κ2) is 7.41. The first-order valence-corrected chi connectivity index (χ1v) is 7.26. The lowest BCUT2D eigenvalue weighted by atomic mass is 10.2. The summed E-state index contributed by atoms with van der Waals surface area (Å²) in [5, 5.41) is 2.55. The van der Waals surface area contributed by atoms with Crippen LogP contribution in [0.25, 0.3) is 0 Å². The molecule has 1 aromatic carbocycles. The fourth-order valence-corrected chi connectivity index (χ4v) is 1.92. The van der Waals surface area contributed by atoms with Crippen LogP contribution >= 0.6 is 11.6 Å². The van der Waals surface area contributed by atoms with Gasteiger partial charge in [-0.05, 0) is 32.0 Å². The lowest BCUT2D eigenvalue weighted by Crippen LogP contribution is -2.29. The SMILES string of the molecule is CC(C)ONC(=O)c1c[nH]c(=O)c(F)c1Nc1ccc(Cl)cc1F. The van der Waals surface area contributed by atoms with E-state index in [1.807, 2.05) is 0 Å². The van der Waals surface area contributed by atoms with Crippen LogP contribution in [0.2, 0.25) is 5.02 Å². The van der Waals surface area contributed by atoms with Gasteiger partial charge in [0.15, 0.2) is 0 Å². The zero-order valence-electron chi connectivity index (χ0n) is 12.7. The Kier molecular flexibility index (Phi) is 5.53. The average Bonchev–Trinajstić information content (AvgIpc) is 2.52. The van der Waals surface area contributed by atoms with Crippen LogP contribution in [0.15, 0.2) is 29.2 Å². The highest BCUT2D eigenvalue weighted by molar-refractivity contribution is 6.30. The van der Waals surface area contributed by atoms with Crippen LogP contribution in [-0.2, 0) is 4.84 Å². The number of nitrogens with one attached hydrogen (secondary N) is 3. The van der Waals surface area contributed by atoms with Crippen molar-refractivity contribution < 1.29 is 18.4 Å². The molecule has 6 nitrogen and oxygen atoms in total. The maximum atomic E-state index is 14.1. The topological polar surface area (TPSA) is 83.2 Å². The molecular weight excluding hydrogens is 344 g/mol. The van der Waals surface area contributed by atoms with Crippen molar-refractivity contribution in [3.8, 4) is 0 Å². The third kappa shape index (κ3) is 4.09. The molecule has 0 bridgehead atoms. The number of rotatable bonds is 5. The van der Waals surface area contributed by atoms with E-state index in [-0.39, 0.29) is 22.4 Å². The number of amides is 1. The molecule has 0 aliphatic rings. The Hall–Kier alpha value is -2.45. The molecule has 24 heavy (non-hydrogen) atoms. The number of carbonyl (C=O) groups is 1. The van der Waals surface area contributed by atoms with E-state index in [0.717, 1.165) is 12.3 Å². The predicted molar refractivity (Wildman–Crippen MR) is 85.4 cm³/mol. The number of hydroxylamine groups is 1. The normalized spacial score (nSPS) is 10.8. The summed E-state index contributed by atoms with van der Waals surface area (Å²) in [5.74, 6) is -2.84. The van der Waals surface area contributed by atoms with Gasteiger partial charge in [-0.3, -0.25) is 14.4 Å². The van der Waals surface area contributed by atoms with Crippen LogP contribution in [0.1, 0.15) is 24.2 Å². The van der Waals surface area contributed by atoms with Gasteiger partial charge in [0.1, 0.15) is 5.82 Å². The number of benzene rings is 1. The highest BCUT2D eigenvalue weighted by Gasteiger charge is 2.20. The summed E-state index contributed by atoms with van der Waals surface area (Å²) in [6.07, 6.45) is 0.687. The number of carbonyl (C=O) groups excluding carboxylic acids is 1. The smallest absolute Gasteiger partial charge is 0.286 e. The monoisotopic (exact) mass is 357 g/mol. The summed E-state index contributed by atoms with van der Waals surface area (Å²) in [6.45, 7) is 3.35. The van der Waals surface area contributed by atoms with Crippen LogP contribution in [0.4, 0.5) is 20.2 Å². The number of hydrogen-bond donors (Lipinski definition) is 3. The van der Waals surface area contributed by atoms with Gasteiger partial charge in [0.2, 0.25) is 5.82 Å². The molecule has 0 saturated carbocycles. The van der Waals surface area contributed by atoms with Gasteiger partial charge in [-0.15, -0.1) is 0 Å². The molecule has 0 atom stereocenters. The third-order valence-corrected chi connectivity index (χ3v) is 3.09. The van der Waals surface area contributed by atoms with Crippen molar-refractivity contribution in [3.63, 3.8) is 0 Å². The molecule has 2 aromatic rings. The summed E-state index contributed by atoms with van der Waals surface area (Å²) in [6, 6.07) is 3.64. The number of halogens is 3. The van der Waals surface area contributed by atoms with Crippen LogP contribution in [0, 0.1) is 11.6 Å². The Labute approximate surface area is 140 Å². The Balaban J connectivity index is 2.42. The molecule has 128 valence electrons. The third-order valence-electron chi connectivity index (χ3n) is 2.86. The number of anilines is 2. The van der Waals surface area contributed by atoms with Crippen LogP contribution in [-0.4, -0.2) is 17.0 Å². The first-order valence-electron chi connectivity index (χ1n) is 6.89. The second-order valence-corrected chi connectivity index (χ2v) is 5.50. The Morgan fingerprint density at radius 1 is 1.33 bits per heavy atom. The first-order chi connectivity index (χ1) is 11.3. The molecule has 0 fully saturated rings. The predicted octanol–water partition coefficient (Wildman–Crippen LogP) is 3.12. The maximum Gasteiger partial charge on any atom is 0.286 e. The van der Waals surface area contributed by atoms with Crippen molar-refractivity contribution in [2.75, 3.05) is 5.32 Å². The van der Waals surface area contributed by atoms with E-state index < -0.39 is 28.8 Å². The van der Waals surface area contributed by atoms with Gasteiger partial charge in [0, 0.05) is 11.2 Å². The van der Waals surface area contributed by atoms with Gasteiger partial charge in [0.25, 0.3) is 11.5 Å². The number of aromatic nitrogens is 1. The highest BCUT2D eigenvalue weighted by atomic mass is 35.5. The Morgan fingerprint density at radius 3 is 2.67 bits per heavy atom. The van der Waals surface area contributed by atoms with Crippen LogP contribution in [0.5, 0.6) is 0 Å². The number of H-pyrrole nitrogens is 1. The molecule has 2 rings (SSSR count). The van der Waals surface area contributed by atoms with Crippen molar-refractivity contribution in [2.24, 2.45) is 0 Å². The number of aromatic amines is 1. The molecule has 0 spiro atoms. The summed E-state index contributed by atoms with van der Waals surface area (Å²) in [5.41, 5.74) is 0.157. The van der Waals surface area contributed by atoms with Crippen LogP contribution in [0.3, 0.4) is 0 Å². The lowest BCUT2D eigenvalue weighted by Gasteiger charge is -2.14. The van der Waals surface area contributed by atoms with E-state index in [1.165, 1.54) is 12.1 Å². The van der Waals surface area contributed by atoms with E-state index >= 15 is 0 Å². The number of pyridine rings is 1. The summed E-state index contributed by atoms with van der Waals surface area (Å²) in [7, 11) is 0. The van der Waals surface area contributed by atoms with Crippen molar-refractivity contribution >= 4 is 28.9 Å². The molecule has 1 amide bonds. The molecular formula is C15H14ClF2N3O3. The molecule has 0 aliphatic carbocycles. The van der Waals surface area contributed by atoms with E-state index in [2.05, 4.69) is 15.8 Å². The van der Waals surface area contributed by atoms with Crippen LogP contribution < -0.4 is 16.4 Å². The fraction of sp³-hybridized carbons (Fsp3) is 0.200. The summed E-state index contributed by atoms with van der Waals surface area (Å²) >= 11 is 5.65. The summed E-state index contributed by atoms with van der Waals surface area (Å²) in [4.78, 5) is 30.6. The fourth-order valence-electron chi connectivity index (χ4n) is 1.76. The molecule has 1 aromatic heterocycles. The quantitative estimate of drug-likeness (QED) is 0.718. The van der Waals surface area contributed by atoms with Crippen molar-refractivity contribution in [2.45, 2.75) is 20.0 Å². The molecule has 0 saturated heterocycles. The van der Waals surface area contributed by atoms with Gasteiger partial charge < -0.3 is 10.3 Å². The summed E-state index contributed by atoms with van der Waals surface area (Å²) < 4.78 is 28.0. The minimum atomic E-state index is -1.26. The lowest BCUT2D eigenvalue weighted by molar-refractivity contribution is 0.000199. The Bertz CT molecular complexity index is 824. The van der Waals surface area contributed by atoms with E-state index in [9.17, 15) is 18.4 Å². The minimum absolute atomic E-state index is 0.146. The zero-order valence-corrected chi connectivity index (χ0v) is 13.5. The maximum absolute atomic E-state index is 14.1. The van der Waals surface area contributed by atoms with Crippen molar-refractivity contribution in [1.29, 1.82) is 0 Å². The second-order valence-electron chi connectivity index (χ2n) is 5.07. The molecule has 9 heteroatoms. The molecule has 0 radical (unpaired) electrons. The van der Waals surface area contributed by atoms with Gasteiger partial charge in [0.05, 0.1) is 23.0 Å². The minimum Gasteiger partial charge on any atom is -0.350 e. The van der Waals surface area contributed by atoms with Gasteiger partial charge in [-0.2, -0.15) is 4.39 Å². The Morgan fingerprint density at radius 2 is 2.04 bits per heavy atom. The zero-order chi connectivity index (χ0) is 17.9. The highest BCUT2D eigenvalue weighted by Crippen LogP contribution is 2.26. The standard InChI is InChI=1S/C15H14ClF2N3O3/c1-7(2)24-21-14(22)9-6-19-15(23)12(18)13(9)20-11-4-3-8(16)5-10(11)17/h3-7H,1-2H3,(H,21,22)(H2,19,20,23). The molecule has 3 N–H and O–H groups in total. The van der Waals surface area contributed by atoms with E-state index in [4.69, 9.17) is 16.4 Å².